The van der Waals surface area contributed by atoms with Gasteiger partial charge in [-0.05, 0) is 48.5 Å². The van der Waals surface area contributed by atoms with Gasteiger partial charge >= 0.3 is 0 Å². The van der Waals surface area contributed by atoms with E-state index in [2.05, 4.69) is 5.32 Å². The fourth-order valence-corrected chi connectivity index (χ4v) is 4.18. The average molecular weight is 485 g/mol. The van der Waals surface area contributed by atoms with Gasteiger partial charge in [-0.2, -0.15) is 0 Å². The number of hydrogen-bond acceptors (Lipinski definition) is 3. The maximum atomic E-state index is 13.8. The molecular weight excluding hydrogens is 469 g/mol. The molecule has 3 rings (SSSR count). The van der Waals surface area contributed by atoms with Crippen LogP contribution in [0.2, 0.25) is 10.0 Å². The van der Waals surface area contributed by atoms with Crippen LogP contribution < -0.4 is 9.62 Å². The minimum atomic E-state index is -3.71. The second kappa shape index (κ2) is 9.21. The number of amides is 1. The molecule has 0 unspecified atom stereocenters. The summed E-state index contributed by atoms with van der Waals surface area (Å²) in [6.07, 6.45) is 1.04. The third-order valence-corrected chi connectivity index (χ3v) is 6.21. The van der Waals surface area contributed by atoms with Crippen LogP contribution in [0.5, 0.6) is 0 Å². The summed E-state index contributed by atoms with van der Waals surface area (Å²) in [5.41, 5.74) is 0.686. The van der Waals surface area contributed by atoms with Crippen LogP contribution in [0.15, 0.2) is 60.7 Å². The first kappa shape index (κ1) is 23.0. The van der Waals surface area contributed by atoms with Gasteiger partial charge in [0, 0.05) is 27.2 Å². The van der Waals surface area contributed by atoms with Crippen molar-refractivity contribution in [2.75, 3.05) is 15.9 Å². The summed E-state index contributed by atoms with van der Waals surface area (Å²) in [4.78, 5) is 12.4. The van der Waals surface area contributed by atoms with E-state index >= 15 is 0 Å². The largest absolute Gasteiger partial charge is 0.319 e. The summed E-state index contributed by atoms with van der Waals surface area (Å²) in [6.45, 7) is -0.107. The van der Waals surface area contributed by atoms with Crippen molar-refractivity contribution in [2.24, 2.45) is 0 Å². The molecule has 1 N–H and O–H groups in total. The quantitative estimate of drug-likeness (QED) is 0.502. The second-order valence-corrected chi connectivity index (χ2v) is 9.32. The lowest BCUT2D eigenvalue weighted by Gasteiger charge is -2.23. The van der Waals surface area contributed by atoms with Crippen LogP contribution in [0, 0.1) is 11.6 Å². The molecule has 0 aliphatic rings. The first-order valence-corrected chi connectivity index (χ1v) is 11.4. The molecule has 0 fully saturated rings. The Balaban J connectivity index is 1.85. The normalized spacial score (nSPS) is 11.3. The zero-order valence-electron chi connectivity index (χ0n) is 16.1. The van der Waals surface area contributed by atoms with E-state index in [1.54, 1.807) is 18.2 Å². The molecule has 31 heavy (non-hydrogen) atoms. The van der Waals surface area contributed by atoms with Gasteiger partial charge in [0.2, 0.25) is 10.0 Å². The number of rotatable bonds is 6. The summed E-state index contributed by atoms with van der Waals surface area (Å²) in [5.74, 6) is -2.32. The lowest BCUT2D eigenvalue weighted by atomic mass is 10.1. The monoisotopic (exact) mass is 484 g/mol. The highest BCUT2D eigenvalue weighted by atomic mass is 35.5. The Morgan fingerprint density at radius 1 is 1.00 bits per heavy atom. The van der Waals surface area contributed by atoms with Crippen molar-refractivity contribution in [1.82, 2.24) is 0 Å². The van der Waals surface area contributed by atoms with Crippen molar-refractivity contribution in [3.05, 3.63) is 93.5 Å². The van der Waals surface area contributed by atoms with E-state index in [0.717, 1.165) is 22.7 Å². The van der Waals surface area contributed by atoms with Gasteiger partial charge in [-0.3, -0.25) is 9.10 Å². The Kier molecular flexibility index (Phi) is 6.83. The molecule has 5 nitrogen and oxygen atoms in total. The molecule has 0 bridgehead atoms. The minimum absolute atomic E-state index is 0.107. The Morgan fingerprint density at radius 3 is 2.16 bits per heavy atom. The van der Waals surface area contributed by atoms with Crippen LogP contribution >= 0.6 is 23.2 Å². The Labute approximate surface area is 188 Å². The number of carbonyl (C=O) groups is 1. The third-order valence-electron chi connectivity index (χ3n) is 4.36. The van der Waals surface area contributed by atoms with Crippen molar-refractivity contribution in [2.45, 2.75) is 6.54 Å². The molecular formula is C21H16Cl2F2N2O3S. The molecule has 0 atom stereocenters. The van der Waals surface area contributed by atoms with Crippen molar-refractivity contribution < 1.29 is 22.0 Å². The SMILES string of the molecule is CS(=O)(=O)N(Cc1c(Cl)cccc1Cl)c1ccc(C(=O)Nc2ccc(F)cc2F)cc1. The topological polar surface area (TPSA) is 66.5 Å². The van der Waals surface area contributed by atoms with Gasteiger partial charge in [0.1, 0.15) is 11.6 Å². The first-order valence-electron chi connectivity index (χ1n) is 8.83. The lowest BCUT2D eigenvalue weighted by molar-refractivity contribution is 0.102. The van der Waals surface area contributed by atoms with E-state index in [-0.39, 0.29) is 23.5 Å². The lowest BCUT2D eigenvalue weighted by Crippen LogP contribution is -2.29. The smallest absolute Gasteiger partial charge is 0.255 e. The third kappa shape index (κ3) is 5.52. The van der Waals surface area contributed by atoms with E-state index in [4.69, 9.17) is 23.2 Å². The highest BCUT2D eigenvalue weighted by Gasteiger charge is 2.21. The highest BCUT2D eigenvalue weighted by Crippen LogP contribution is 2.29. The molecule has 0 aliphatic carbocycles. The van der Waals surface area contributed by atoms with Crippen molar-refractivity contribution in [3.8, 4) is 0 Å². The van der Waals surface area contributed by atoms with Crippen molar-refractivity contribution in [3.63, 3.8) is 0 Å². The molecule has 3 aromatic rings. The average Bonchev–Trinajstić information content (AvgIpc) is 2.69. The Bertz CT molecular complexity index is 1220. The predicted octanol–water partition coefficient (Wildman–Crippen LogP) is 5.49. The number of nitrogens with one attached hydrogen (secondary N) is 1. The van der Waals surface area contributed by atoms with Gasteiger partial charge in [-0.1, -0.05) is 29.3 Å². The number of benzene rings is 3. The van der Waals surface area contributed by atoms with E-state index < -0.39 is 27.6 Å². The van der Waals surface area contributed by atoms with Crippen LogP contribution in [0.4, 0.5) is 20.2 Å². The maximum Gasteiger partial charge on any atom is 0.255 e. The predicted molar refractivity (Wildman–Crippen MR) is 118 cm³/mol. The zero-order valence-corrected chi connectivity index (χ0v) is 18.4. The van der Waals surface area contributed by atoms with E-state index in [1.165, 1.54) is 24.3 Å². The van der Waals surface area contributed by atoms with Crippen LogP contribution in [-0.2, 0) is 16.6 Å². The van der Waals surface area contributed by atoms with Crippen molar-refractivity contribution >= 4 is 50.5 Å². The molecule has 0 aliphatic heterocycles. The van der Waals surface area contributed by atoms with Gasteiger partial charge in [0.05, 0.1) is 24.2 Å². The molecule has 162 valence electrons. The van der Waals surface area contributed by atoms with Crippen molar-refractivity contribution in [1.29, 1.82) is 0 Å². The second-order valence-electron chi connectivity index (χ2n) is 6.60. The van der Waals surface area contributed by atoms with Gasteiger partial charge in [0.25, 0.3) is 5.91 Å². The van der Waals surface area contributed by atoms with Gasteiger partial charge < -0.3 is 5.32 Å². The Morgan fingerprint density at radius 2 is 1.61 bits per heavy atom. The van der Waals surface area contributed by atoms with Crippen LogP contribution in [0.25, 0.3) is 0 Å². The Hall–Kier alpha value is -2.68. The summed E-state index contributed by atoms with van der Waals surface area (Å²) in [7, 11) is -3.71. The number of carbonyl (C=O) groups excluding carboxylic acids is 1. The molecule has 0 spiro atoms. The fourth-order valence-electron chi connectivity index (χ4n) is 2.79. The van der Waals surface area contributed by atoms with Crippen LogP contribution in [0.3, 0.4) is 0 Å². The number of halogens is 4. The molecule has 10 heteroatoms. The first-order chi connectivity index (χ1) is 14.6. The zero-order chi connectivity index (χ0) is 22.8. The molecule has 0 heterocycles. The summed E-state index contributed by atoms with van der Waals surface area (Å²) < 4.78 is 52.6. The van der Waals surface area contributed by atoms with Gasteiger partial charge in [-0.15, -0.1) is 0 Å². The summed E-state index contributed by atoms with van der Waals surface area (Å²) >= 11 is 12.3. The highest BCUT2D eigenvalue weighted by molar-refractivity contribution is 7.92. The number of hydrogen-bond donors (Lipinski definition) is 1. The minimum Gasteiger partial charge on any atom is -0.319 e. The molecule has 0 aromatic heterocycles. The fraction of sp³-hybridized carbons (Fsp3) is 0.0952. The van der Waals surface area contributed by atoms with Gasteiger partial charge in [0.15, 0.2) is 0 Å². The maximum absolute atomic E-state index is 13.8. The summed E-state index contributed by atoms with van der Waals surface area (Å²) in [5, 5.41) is 2.98. The molecule has 0 saturated carbocycles. The molecule has 3 aromatic carbocycles. The van der Waals surface area contributed by atoms with E-state index in [9.17, 15) is 22.0 Å². The molecule has 0 radical (unpaired) electrons. The van der Waals surface area contributed by atoms with E-state index in [1.807, 2.05) is 0 Å². The molecule has 1 amide bonds. The summed E-state index contributed by atoms with van der Waals surface area (Å²) in [6, 6.07) is 13.3. The number of anilines is 2. The number of nitrogens with zero attached hydrogens (tertiary/aromatic N) is 1. The molecule has 0 saturated heterocycles. The van der Waals surface area contributed by atoms with Crippen LogP contribution in [0.1, 0.15) is 15.9 Å². The van der Waals surface area contributed by atoms with E-state index in [0.29, 0.717) is 21.7 Å². The number of sulfonamides is 1. The standard InChI is InChI=1S/C21H16Cl2F2N2O3S/c1-31(29,30)27(12-16-17(22)3-2-4-18(16)23)15-8-5-13(6-9-15)21(28)26-20-10-7-14(24)11-19(20)25/h2-11H,12H2,1H3,(H,26,28). The van der Waals surface area contributed by atoms with Crippen LogP contribution in [-0.4, -0.2) is 20.6 Å². The van der Waals surface area contributed by atoms with Gasteiger partial charge in [-0.25, -0.2) is 17.2 Å².